The molecule has 0 fully saturated rings. The van der Waals surface area contributed by atoms with Gasteiger partial charge in [-0.15, -0.1) is 0 Å². The van der Waals surface area contributed by atoms with Gasteiger partial charge in [0, 0.05) is 23.7 Å². The highest BCUT2D eigenvalue weighted by molar-refractivity contribution is 6.33. The topological polar surface area (TPSA) is 81.4 Å². The first-order valence-corrected chi connectivity index (χ1v) is 7.97. The summed E-state index contributed by atoms with van der Waals surface area (Å²) >= 11 is 12.1. The molecule has 3 aromatic rings. The maximum absolute atomic E-state index is 12.0. The van der Waals surface area contributed by atoms with Crippen molar-refractivity contribution in [2.24, 2.45) is 0 Å². The van der Waals surface area contributed by atoms with Gasteiger partial charge < -0.3 is 14.5 Å². The van der Waals surface area contributed by atoms with E-state index in [0.29, 0.717) is 21.7 Å². The van der Waals surface area contributed by atoms with Crippen molar-refractivity contribution in [1.82, 2.24) is 4.98 Å². The molecule has 0 atom stereocenters. The summed E-state index contributed by atoms with van der Waals surface area (Å²) < 4.78 is 10.6. The molecule has 0 aliphatic heterocycles. The molecule has 0 radical (unpaired) electrons. The van der Waals surface area contributed by atoms with Gasteiger partial charge in [-0.1, -0.05) is 23.2 Å². The van der Waals surface area contributed by atoms with Gasteiger partial charge in [0.1, 0.15) is 11.3 Å². The first-order chi connectivity index (χ1) is 11.9. The molecule has 2 heterocycles. The fourth-order valence-electron chi connectivity index (χ4n) is 2.24. The van der Waals surface area contributed by atoms with Crippen LogP contribution in [0.4, 0.5) is 5.69 Å². The largest absolute Gasteiger partial charge is 0.482 e. The Morgan fingerprint density at radius 2 is 2.12 bits per heavy atom. The lowest BCUT2D eigenvalue weighted by Crippen LogP contribution is -2.20. The predicted octanol–water partition coefficient (Wildman–Crippen LogP) is 3.82. The number of ether oxygens (including phenoxy) is 1. The van der Waals surface area contributed by atoms with E-state index in [9.17, 15) is 9.59 Å². The summed E-state index contributed by atoms with van der Waals surface area (Å²) in [6.07, 6.45) is 1.51. The molecule has 0 aliphatic carbocycles. The number of hydrogen-bond acceptors (Lipinski definition) is 5. The van der Waals surface area contributed by atoms with Crippen LogP contribution in [0.5, 0.6) is 5.75 Å². The minimum absolute atomic E-state index is 0.178. The highest BCUT2D eigenvalue weighted by atomic mass is 35.5. The van der Waals surface area contributed by atoms with Crippen molar-refractivity contribution in [2.45, 2.75) is 6.92 Å². The molecule has 1 amide bonds. The summed E-state index contributed by atoms with van der Waals surface area (Å²) in [7, 11) is 0. The Morgan fingerprint density at radius 1 is 1.32 bits per heavy atom. The molecular weight excluding hydrogens is 367 g/mol. The average molecular weight is 379 g/mol. The highest BCUT2D eigenvalue weighted by Gasteiger charge is 2.12. The molecule has 0 saturated heterocycles. The molecule has 0 saturated carbocycles. The van der Waals surface area contributed by atoms with E-state index in [0.717, 1.165) is 5.56 Å². The van der Waals surface area contributed by atoms with Gasteiger partial charge in [0.25, 0.3) is 5.91 Å². The number of fused-ring (bicyclic) bond motifs is 1. The van der Waals surface area contributed by atoms with E-state index in [1.165, 1.54) is 18.3 Å². The minimum atomic E-state index is -0.470. The SMILES string of the molecule is Cc1cc(=O)oc2cc(OCC(=O)Nc3cccnc3Cl)c(Cl)cc12. The number of aromatic nitrogens is 1. The summed E-state index contributed by atoms with van der Waals surface area (Å²) in [4.78, 5) is 27.3. The number of pyridine rings is 1. The maximum atomic E-state index is 12.0. The second-order valence-corrected chi connectivity index (χ2v) is 5.97. The zero-order valence-electron chi connectivity index (χ0n) is 13.0. The summed E-state index contributed by atoms with van der Waals surface area (Å²) in [6.45, 7) is 1.48. The van der Waals surface area contributed by atoms with Crippen LogP contribution in [0, 0.1) is 6.92 Å². The Morgan fingerprint density at radius 3 is 2.88 bits per heavy atom. The molecule has 25 heavy (non-hydrogen) atoms. The van der Waals surface area contributed by atoms with Crippen LogP contribution < -0.4 is 15.7 Å². The van der Waals surface area contributed by atoms with Crippen LogP contribution in [0.2, 0.25) is 10.2 Å². The van der Waals surface area contributed by atoms with Crippen molar-refractivity contribution in [3.05, 3.63) is 62.7 Å². The fourth-order valence-corrected chi connectivity index (χ4v) is 2.62. The summed E-state index contributed by atoms with van der Waals surface area (Å²) in [5, 5.41) is 3.76. The highest BCUT2D eigenvalue weighted by Crippen LogP contribution is 2.31. The van der Waals surface area contributed by atoms with E-state index in [1.54, 1.807) is 25.1 Å². The zero-order valence-corrected chi connectivity index (χ0v) is 14.5. The zero-order chi connectivity index (χ0) is 18.0. The van der Waals surface area contributed by atoms with Crippen molar-refractivity contribution in [3.8, 4) is 5.75 Å². The third-order valence-corrected chi connectivity index (χ3v) is 3.99. The van der Waals surface area contributed by atoms with Crippen molar-refractivity contribution in [3.63, 3.8) is 0 Å². The molecule has 0 bridgehead atoms. The lowest BCUT2D eigenvalue weighted by molar-refractivity contribution is -0.118. The monoisotopic (exact) mass is 378 g/mol. The molecule has 2 aromatic heterocycles. The van der Waals surface area contributed by atoms with Gasteiger partial charge in [-0.05, 0) is 30.7 Å². The summed E-state index contributed by atoms with van der Waals surface area (Å²) in [6, 6.07) is 7.75. The Labute approximate surface area is 152 Å². The minimum Gasteiger partial charge on any atom is -0.482 e. The van der Waals surface area contributed by atoms with Gasteiger partial charge in [-0.3, -0.25) is 4.79 Å². The van der Waals surface area contributed by atoms with E-state index in [-0.39, 0.29) is 17.5 Å². The van der Waals surface area contributed by atoms with Crippen molar-refractivity contribution >= 4 is 45.8 Å². The lowest BCUT2D eigenvalue weighted by Gasteiger charge is -2.10. The first kappa shape index (κ1) is 17.3. The number of carbonyl (C=O) groups excluding carboxylic acids is 1. The van der Waals surface area contributed by atoms with Crippen LogP contribution in [-0.2, 0) is 4.79 Å². The Kier molecular flexibility index (Phi) is 4.92. The van der Waals surface area contributed by atoms with Gasteiger partial charge in [0.15, 0.2) is 11.8 Å². The number of aryl methyl sites for hydroxylation is 1. The van der Waals surface area contributed by atoms with E-state index in [2.05, 4.69) is 10.3 Å². The number of nitrogens with one attached hydrogen (secondary N) is 1. The Bertz CT molecular complexity index is 1020. The molecule has 0 spiro atoms. The molecule has 0 unspecified atom stereocenters. The standard InChI is InChI=1S/C17H12Cl2N2O4/c1-9-5-16(23)25-13-7-14(11(18)6-10(9)13)24-8-15(22)21-12-3-2-4-20-17(12)19/h2-7H,8H2,1H3,(H,21,22). The number of amides is 1. The molecule has 6 nitrogen and oxygen atoms in total. The molecule has 1 N–H and O–H groups in total. The van der Waals surface area contributed by atoms with Crippen molar-refractivity contribution in [1.29, 1.82) is 0 Å². The van der Waals surface area contributed by atoms with Gasteiger partial charge >= 0.3 is 5.63 Å². The fraction of sp³-hybridized carbons (Fsp3) is 0.118. The number of hydrogen-bond donors (Lipinski definition) is 1. The second kappa shape index (κ2) is 7.13. The molecule has 8 heteroatoms. The van der Waals surface area contributed by atoms with Gasteiger partial charge in [0.05, 0.1) is 10.7 Å². The average Bonchev–Trinajstić information content (AvgIpc) is 2.56. The van der Waals surface area contributed by atoms with E-state index < -0.39 is 11.5 Å². The predicted molar refractivity (Wildman–Crippen MR) is 95.6 cm³/mol. The number of benzene rings is 1. The smallest absolute Gasteiger partial charge is 0.336 e. The number of carbonyl (C=O) groups is 1. The van der Waals surface area contributed by atoms with Crippen LogP contribution in [0.3, 0.4) is 0 Å². The number of anilines is 1. The van der Waals surface area contributed by atoms with Crippen LogP contribution in [-0.4, -0.2) is 17.5 Å². The summed E-state index contributed by atoms with van der Waals surface area (Å²) in [5.41, 5.74) is 0.981. The van der Waals surface area contributed by atoms with Crippen LogP contribution in [0.1, 0.15) is 5.56 Å². The second-order valence-electron chi connectivity index (χ2n) is 5.21. The van der Waals surface area contributed by atoms with Crippen molar-refractivity contribution < 1.29 is 13.9 Å². The normalized spacial score (nSPS) is 10.7. The first-order valence-electron chi connectivity index (χ1n) is 7.21. The van der Waals surface area contributed by atoms with E-state index >= 15 is 0 Å². The van der Waals surface area contributed by atoms with Gasteiger partial charge in [0.2, 0.25) is 0 Å². The Balaban J connectivity index is 1.77. The quantitative estimate of drug-likeness (QED) is 0.551. The molecular formula is C17H12Cl2N2O4. The molecule has 1 aromatic carbocycles. The number of rotatable bonds is 4. The van der Waals surface area contributed by atoms with Crippen molar-refractivity contribution in [2.75, 3.05) is 11.9 Å². The maximum Gasteiger partial charge on any atom is 0.336 e. The Hall–Kier alpha value is -2.57. The molecule has 0 aliphatic rings. The van der Waals surface area contributed by atoms with Gasteiger partial charge in [-0.2, -0.15) is 0 Å². The number of nitrogens with zero attached hydrogens (tertiary/aromatic N) is 1. The summed E-state index contributed by atoms with van der Waals surface area (Å²) in [5.74, 6) is -0.202. The van der Waals surface area contributed by atoms with Gasteiger partial charge in [-0.25, -0.2) is 9.78 Å². The van der Waals surface area contributed by atoms with Crippen LogP contribution >= 0.6 is 23.2 Å². The van der Waals surface area contributed by atoms with Crippen LogP contribution in [0.25, 0.3) is 11.0 Å². The van der Waals surface area contributed by atoms with Crippen LogP contribution in [0.15, 0.2) is 45.7 Å². The molecule has 128 valence electrons. The molecule has 3 rings (SSSR count). The third kappa shape index (κ3) is 3.92. The lowest BCUT2D eigenvalue weighted by atomic mass is 10.1. The third-order valence-electron chi connectivity index (χ3n) is 3.40. The van der Waals surface area contributed by atoms with E-state index in [1.807, 2.05) is 0 Å². The van der Waals surface area contributed by atoms with E-state index in [4.69, 9.17) is 32.4 Å². The number of halogens is 2.